The fourth-order valence-electron chi connectivity index (χ4n) is 2.99. The summed E-state index contributed by atoms with van der Waals surface area (Å²) in [4.78, 5) is 18.4. The molecule has 1 aliphatic rings. The van der Waals surface area contributed by atoms with Crippen molar-refractivity contribution < 1.29 is 18.0 Å². The summed E-state index contributed by atoms with van der Waals surface area (Å²) >= 11 is 0. The quantitative estimate of drug-likeness (QED) is 0.823. The van der Waals surface area contributed by atoms with Crippen LogP contribution in [0.2, 0.25) is 0 Å². The lowest BCUT2D eigenvalue weighted by Gasteiger charge is -2.24. The number of benzene rings is 1. The zero-order valence-corrected chi connectivity index (χ0v) is 15.3. The number of imidazole rings is 1. The molecule has 1 aromatic carbocycles. The molecule has 1 heterocycles. The van der Waals surface area contributed by atoms with Crippen LogP contribution in [0.15, 0.2) is 36.7 Å². The van der Waals surface area contributed by atoms with E-state index in [1.54, 1.807) is 27.9 Å². The van der Waals surface area contributed by atoms with E-state index in [0.29, 0.717) is 5.82 Å². The lowest BCUT2D eigenvalue weighted by atomic mass is 10.1. The maximum absolute atomic E-state index is 13.2. The molecule has 3 rings (SSSR count). The van der Waals surface area contributed by atoms with Gasteiger partial charge in [-0.3, -0.25) is 0 Å². The number of hydrogen-bond acceptors (Lipinski definition) is 2. The van der Waals surface area contributed by atoms with Crippen LogP contribution in [0.3, 0.4) is 0 Å². The minimum Gasteiger partial charge on any atom is -0.336 e. The van der Waals surface area contributed by atoms with Gasteiger partial charge >= 0.3 is 12.2 Å². The SMILES string of the molecule is CC(C)NC(=O)N(Cc1nccn1Cc1ccccc1C(F)(F)F)C1CC1. The van der Waals surface area contributed by atoms with Crippen LogP contribution in [-0.2, 0) is 19.3 Å². The molecular weight excluding hydrogens is 357 g/mol. The molecule has 27 heavy (non-hydrogen) atoms. The Kier molecular flexibility index (Phi) is 5.43. The highest BCUT2D eigenvalue weighted by Gasteiger charge is 2.35. The van der Waals surface area contributed by atoms with Gasteiger partial charge in [0.2, 0.25) is 0 Å². The number of carbonyl (C=O) groups is 1. The number of nitrogens with zero attached hydrogens (tertiary/aromatic N) is 3. The molecule has 0 radical (unpaired) electrons. The van der Waals surface area contributed by atoms with E-state index in [2.05, 4.69) is 10.3 Å². The molecule has 0 aliphatic heterocycles. The molecule has 1 aliphatic carbocycles. The van der Waals surface area contributed by atoms with Crippen LogP contribution < -0.4 is 5.32 Å². The molecule has 0 saturated heterocycles. The van der Waals surface area contributed by atoms with Crippen molar-refractivity contribution >= 4 is 6.03 Å². The van der Waals surface area contributed by atoms with E-state index in [4.69, 9.17) is 0 Å². The Bertz CT molecular complexity index is 796. The molecule has 8 heteroatoms. The van der Waals surface area contributed by atoms with Crippen LogP contribution in [-0.4, -0.2) is 32.6 Å². The van der Waals surface area contributed by atoms with Crippen molar-refractivity contribution in [1.82, 2.24) is 19.8 Å². The summed E-state index contributed by atoms with van der Waals surface area (Å²) in [5, 5.41) is 2.88. The highest BCUT2D eigenvalue weighted by molar-refractivity contribution is 5.75. The fourth-order valence-corrected chi connectivity index (χ4v) is 2.99. The van der Waals surface area contributed by atoms with Gasteiger partial charge in [-0.15, -0.1) is 0 Å². The van der Waals surface area contributed by atoms with E-state index in [1.165, 1.54) is 12.1 Å². The van der Waals surface area contributed by atoms with Gasteiger partial charge in [0.15, 0.2) is 0 Å². The Morgan fingerprint density at radius 3 is 2.67 bits per heavy atom. The molecule has 0 atom stereocenters. The second kappa shape index (κ2) is 7.62. The Balaban J connectivity index is 1.79. The first-order valence-electron chi connectivity index (χ1n) is 8.98. The number of amides is 2. The molecular formula is C19H23F3N4O. The summed E-state index contributed by atoms with van der Waals surface area (Å²) in [6.07, 6.45) is 0.658. The van der Waals surface area contributed by atoms with Crippen molar-refractivity contribution in [2.24, 2.45) is 0 Å². The zero-order chi connectivity index (χ0) is 19.6. The van der Waals surface area contributed by atoms with Gasteiger partial charge in [0.1, 0.15) is 5.82 Å². The van der Waals surface area contributed by atoms with E-state index >= 15 is 0 Å². The van der Waals surface area contributed by atoms with Crippen LogP contribution in [0.25, 0.3) is 0 Å². The average molecular weight is 380 g/mol. The normalized spacial score (nSPS) is 14.4. The average Bonchev–Trinajstić information content (AvgIpc) is 3.32. The number of urea groups is 1. The second-order valence-electron chi connectivity index (χ2n) is 7.09. The minimum atomic E-state index is -4.41. The van der Waals surface area contributed by atoms with Crippen molar-refractivity contribution in [3.63, 3.8) is 0 Å². The van der Waals surface area contributed by atoms with Crippen molar-refractivity contribution in [3.05, 3.63) is 53.6 Å². The third-order valence-electron chi connectivity index (χ3n) is 4.44. The highest BCUT2D eigenvalue weighted by Crippen LogP contribution is 2.32. The first kappa shape index (κ1) is 19.3. The van der Waals surface area contributed by atoms with Crippen LogP contribution in [0.1, 0.15) is 43.6 Å². The van der Waals surface area contributed by atoms with Gasteiger partial charge in [-0.1, -0.05) is 18.2 Å². The van der Waals surface area contributed by atoms with Crippen molar-refractivity contribution in [2.45, 2.75) is 58.0 Å². The van der Waals surface area contributed by atoms with Crippen LogP contribution in [0.4, 0.5) is 18.0 Å². The molecule has 1 saturated carbocycles. The highest BCUT2D eigenvalue weighted by atomic mass is 19.4. The zero-order valence-electron chi connectivity index (χ0n) is 15.3. The Labute approximate surface area is 156 Å². The number of halogens is 3. The predicted octanol–water partition coefficient (Wildman–Crippen LogP) is 4.03. The molecule has 0 unspecified atom stereocenters. The molecule has 1 N–H and O–H groups in total. The van der Waals surface area contributed by atoms with Gasteiger partial charge in [0, 0.05) is 31.0 Å². The molecule has 2 aromatic rings. The monoisotopic (exact) mass is 380 g/mol. The molecule has 1 aromatic heterocycles. The number of alkyl halides is 3. The van der Waals surface area contributed by atoms with E-state index in [-0.39, 0.29) is 36.8 Å². The predicted molar refractivity (Wildman–Crippen MR) is 95.0 cm³/mol. The molecule has 1 fully saturated rings. The van der Waals surface area contributed by atoms with Crippen LogP contribution in [0, 0.1) is 0 Å². The number of aromatic nitrogens is 2. The summed E-state index contributed by atoms with van der Waals surface area (Å²) in [5.74, 6) is 0.567. The number of hydrogen-bond donors (Lipinski definition) is 1. The molecule has 2 amide bonds. The summed E-state index contributed by atoms with van der Waals surface area (Å²) in [5.41, 5.74) is -0.477. The fraction of sp³-hybridized carbons (Fsp3) is 0.474. The maximum Gasteiger partial charge on any atom is 0.416 e. The molecule has 0 spiro atoms. The van der Waals surface area contributed by atoms with Crippen LogP contribution in [0.5, 0.6) is 0 Å². The summed E-state index contributed by atoms with van der Waals surface area (Å²) in [6, 6.07) is 5.53. The Morgan fingerprint density at radius 1 is 1.33 bits per heavy atom. The van der Waals surface area contributed by atoms with Gasteiger partial charge < -0.3 is 14.8 Å². The number of carbonyl (C=O) groups excluding carboxylic acids is 1. The van der Waals surface area contributed by atoms with Crippen molar-refractivity contribution in [1.29, 1.82) is 0 Å². The van der Waals surface area contributed by atoms with Gasteiger partial charge in [0.25, 0.3) is 0 Å². The first-order valence-corrected chi connectivity index (χ1v) is 8.98. The van der Waals surface area contributed by atoms with E-state index < -0.39 is 11.7 Å². The third kappa shape index (κ3) is 4.81. The summed E-state index contributed by atoms with van der Waals surface area (Å²) in [6.45, 7) is 4.09. The van der Waals surface area contributed by atoms with E-state index in [9.17, 15) is 18.0 Å². The Hall–Kier alpha value is -2.51. The molecule has 5 nitrogen and oxygen atoms in total. The van der Waals surface area contributed by atoms with Crippen molar-refractivity contribution in [3.8, 4) is 0 Å². The molecule has 0 bridgehead atoms. The summed E-state index contributed by atoms with van der Waals surface area (Å²) in [7, 11) is 0. The summed E-state index contributed by atoms with van der Waals surface area (Å²) < 4.78 is 41.4. The van der Waals surface area contributed by atoms with Gasteiger partial charge in [-0.05, 0) is 38.3 Å². The van der Waals surface area contributed by atoms with E-state index in [1.807, 2.05) is 13.8 Å². The van der Waals surface area contributed by atoms with Gasteiger partial charge in [-0.2, -0.15) is 13.2 Å². The smallest absolute Gasteiger partial charge is 0.336 e. The van der Waals surface area contributed by atoms with E-state index in [0.717, 1.165) is 18.9 Å². The second-order valence-corrected chi connectivity index (χ2v) is 7.09. The van der Waals surface area contributed by atoms with Crippen molar-refractivity contribution in [2.75, 3.05) is 0 Å². The van der Waals surface area contributed by atoms with Crippen LogP contribution >= 0.6 is 0 Å². The standard InChI is InChI=1S/C19H23F3N4O/c1-13(2)24-18(27)26(15-7-8-15)12-17-23-9-10-25(17)11-14-5-3-4-6-16(14)19(20,21)22/h3-6,9-10,13,15H,7-8,11-12H2,1-2H3,(H,24,27). The lowest BCUT2D eigenvalue weighted by molar-refractivity contribution is -0.138. The lowest BCUT2D eigenvalue weighted by Crippen LogP contribution is -2.44. The molecule has 146 valence electrons. The van der Waals surface area contributed by atoms with Gasteiger partial charge in [0.05, 0.1) is 12.1 Å². The number of nitrogens with one attached hydrogen (secondary N) is 1. The Morgan fingerprint density at radius 2 is 2.04 bits per heavy atom. The van der Waals surface area contributed by atoms with Gasteiger partial charge in [-0.25, -0.2) is 9.78 Å². The minimum absolute atomic E-state index is 0.0113. The largest absolute Gasteiger partial charge is 0.416 e. The maximum atomic E-state index is 13.2. The third-order valence-corrected chi connectivity index (χ3v) is 4.44. The first-order chi connectivity index (χ1) is 12.8. The number of rotatable bonds is 6. The topological polar surface area (TPSA) is 50.2 Å².